The topological polar surface area (TPSA) is 54.0 Å². The van der Waals surface area contributed by atoms with Crippen LogP contribution in [0.5, 0.6) is 0 Å². The highest BCUT2D eigenvalue weighted by molar-refractivity contribution is 6.34. The molecule has 0 aromatic rings. The molecule has 0 amide bonds. The zero-order chi connectivity index (χ0) is 22.4. The molecule has 0 fully saturated rings. The fourth-order valence-electron chi connectivity index (χ4n) is 1.85. The molecule has 5 nitrogen and oxygen atoms in total. The normalized spacial score (nSPS) is 14.4. The molecule has 8 heteroatoms. The van der Waals surface area contributed by atoms with Crippen LogP contribution >= 0.6 is 0 Å². The lowest BCUT2D eigenvalue weighted by molar-refractivity contribution is -0.211. The quantitative estimate of drug-likeness (QED) is 0.184. The second kappa shape index (κ2) is 10.4. The molecule has 0 aliphatic heterocycles. The van der Waals surface area contributed by atoms with Gasteiger partial charge in [0.05, 0.1) is 0 Å². The average Bonchev–Trinajstić information content (AvgIpc) is 2.40. The van der Waals surface area contributed by atoms with E-state index in [0.717, 1.165) is 0 Å². The lowest BCUT2D eigenvalue weighted by atomic mass is 9.88. The van der Waals surface area contributed by atoms with Crippen molar-refractivity contribution in [2.75, 3.05) is 0 Å². The van der Waals surface area contributed by atoms with Gasteiger partial charge in [0.1, 0.15) is 5.57 Å². The van der Waals surface area contributed by atoms with E-state index in [1.807, 2.05) is 0 Å². The van der Waals surface area contributed by atoms with E-state index in [2.05, 4.69) is 83.1 Å². The predicted octanol–water partition coefficient (Wildman–Crippen LogP) is 4.05. The van der Waals surface area contributed by atoms with Crippen molar-refractivity contribution in [2.24, 2.45) is 5.41 Å². The van der Waals surface area contributed by atoms with E-state index in [9.17, 15) is 4.79 Å². The summed E-state index contributed by atoms with van der Waals surface area (Å²) in [6.45, 7) is 25.4. The van der Waals surface area contributed by atoms with Crippen molar-refractivity contribution in [3.63, 3.8) is 0 Å². The third kappa shape index (κ3) is 15.4. The van der Waals surface area contributed by atoms with E-state index in [0.29, 0.717) is 17.9 Å². The summed E-state index contributed by atoms with van der Waals surface area (Å²) in [5, 5.41) is 0.219. The van der Waals surface area contributed by atoms with Gasteiger partial charge < -0.3 is 13.7 Å². The van der Waals surface area contributed by atoms with Crippen molar-refractivity contribution < 1.29 is 23.1 Å². The first kappa shape index (κ1) is 27.4. The zero-order valence-corrected chi connectivity index (χ0v) is 24.6. The van der Waals surface area contributed by atoms with Gasteiger partial charge in [0, 0.05) is 0 Å². The van der Waals surface area contributed by atoms with E-state index < -0.39 is 35.3 Å². The van der Waals surface area contributed by atoms with Gasteiger partial charge in [0.2, 0.25) is 29.3 Å². The first-order valence-corrected chi connectivity index (χ1v) is 14.0. The molecular weight excluding hydrogens is 404 g/mol. The third-order valence-corrected chi connectivity index (χ3v) is 6.75. The predicted molar refractivity (Wildman–Crippen MR) is 125 cm³/mol. The Morgan fingerprint density at radius 2 is 1.07 bits per heavy atom. The van der Waals surface area contributed by atoms with Gasteiger partial charge in [-0.3, -0.25) is 0 Å². The SMILES string of the molecule is CC(C)(C)CC(C(=O)OO[SiH2]C(C)(C)C)=C(O[SiH2]C(C)(C)C)O[SiH2]C(C)(C)C. The summed E-state index contributed by atoms with van der Waals surface area (Å²) >= 11 is 0. The van der Waals surface area contributed by atoms with Gasteiger partial charge in [-0.2, -0.15) is 0 Å². The number of carbonyl (C=O) groups is 1. The first-order chi connectivity index (χ1) is 12.3. The molecule has 0 unspecified atom stereocenters. The molecule has 0 spiro atoms. The van der Waals surface area contributed by atoms with Crippen LogP contribution < -0.4 is 0 Å². The van der Waals surface area contributed by atoms with Crippen LogP contribution in [0.1, 0.15) is 89.5 Å². The Hall–Kier alpha value is -0.579. The average molecular weight is 449 g/mol. The minimum absolute atomic E-state index is 0.0440. The Morgan fingerprint density at radius 3 is 1.39 bits per heavy atom. The van der Waals surface area contributed by atoms with Crippen LogP contribution in [-0.4, -0.2) is 35.3 Å². The summed E-state index contributed by atoms with van der Waals surface area (Å²) in [6.07, 6.45) is 0.513. The fourth-order valence-corrected chi connectivity index (χ4v) is 4.18. The van der Waals surface area contributed by atoms with Gasteiger partial charge in [-0.1, -0.05) is 83.1 Å². The molecule has 0 saturated heterocycles. The van der Waals surface area contributed by atoms with Crippen molar-refractivity contribution in [3.05, 3.63) is 11.5 Å². The van der Waals surface area contributed by atoms with Crippen LogP contribution in [0.3, 0.4) is 0 Å². The molecule has 0 bridgehead atoms. The molecule has 0 aromatic carbocycles. The lowest BCUT2D eigenvalue weighted by Gasteiger charge is -2.27. The minimum Gasteiger partial charge on any atom is -0.525 e. The maximum atomic E-state index is 12.9. The van der Waals surface area contributed by atoms with E-state index in [1.165, 1.54) is 0 Å². The molecule has 0 radical (unpaired) electrons. The molecule has 0 rings (SSSR count). The molecule has 0 saturated carbocycles. The summed E-state index contributed by atoms with van der Waals surface area (Å²) in [5.74, 6) is -0.100. The summed E-state index contributed by atoms with van der Waals surface area (Å²) < 4.78 is 17.7. The van der Waals surface area contributed by atoms with Gasteiger partial charge in [-0.15, -0.1) is 0 Å². The van der Waals surface area contributed by atoms with Crippen molar-refractivity contribution in [1.82, 2.24) is 0 Å². The van der Waals surface area contributed by atoms with Gasteiger partial charge >= 0.3 is 5.97 Å². The molecule has 0 heterocycles. The van der Waals surface area contributed by atoms with Crippen LogP contribution in [0.15, 0.2) is 11.5 Å². The highest BCUT2D eigenvalue weighted by Crippen LogP contribution is 2.31. The van der Waals surface area contributed by atoms with Crippen LogP contribution in [0, 0.1) is 5.41 Å². The van der Waals surface area contributed by atoms with Gasteiger partial charge in [-0.05, 0) is 27.0 Å². The zero-order valence-electron chi connectivity index (χ0n) is 20.4. The highest BCUT2D eigenvalue weighted by Gasteiger charge is 2.29. The summed E-state index contributed by atoms with van der Waals surface area (Å²) in [5.41, 5.74) is 0.351. The van der Waals surface area contributed by atoms with Crippen LogP contribution in [0.2, 0.25) is 15.1 Å². The Kier molecular flexibility index (Phi) is 10.2. The van der Waals surface area contributed by atoms with Gasteiger partial charge in [-0.25, -0.2) is 9.37 Å². The van der Waals surface area contributed by atoms with Crippen molar-refractivity contribution in [1.29, 1.82) is 0 Å². The molecule has 0 atom stereocenters. The molecule has 28 heavy (non-hydrogen) atoms. The highest BCUT2D eigenvalue weighted by atomic mass is 28.2. The van der Waals surface area contributed by atoms with Gasteiger partial charge in [0.15, 0.2) is 0 Å². The largest absolute Gasteiger partial charge is 0.525 e. The monoisotopic (exact) mass is 448 g/mol. The molecule has 0 aliphatic carbocycles. The van der Waals surface area contributed by atoms with Crippen LogP contribution in [0.4, 0.5) is 0 Å². The van der Waals surface area contributed by atoms with Crippen molar-refractivity contribution in [3.8, 4) is 0 Å². The molecule has 166 valence electrons. The number of carbonyl (C=O) groups excluding carboxylic acids is 1. The summed E-state index contributed by atoms with van der Waals surface area (Å²) in [6, 6.07) is 0. The van der Waals surface area contributed by atoms with E-state index in [-0.39, 0.29) is 20.5 Å². The van der Waals surface area contributed by atoms with Crippen molar-refractivity contribution in [2.45, 2.75) is 105 Å². The van der Waals surface area contributed by atoms with E-state index in [4.69, 9.17) is 18.3 Å². The Balaban J connectivity index is 5.70. The van der Waals surface area contributed by atoms with E-state index in [1.54, 1.807) is 0 Å². The molecule has 0 aromatic heterocycles. The Labute approximate surface area is 180 Å². The summed E-state index contributed by atoms with van der Waals surface area (Å²) in [7, 11) is -2.85. The van der Waals surface area contributed by atoms with E-state index >= 15 is 0 Å². The maximum Gasteiger partial charge on any atom is 0.374 e. The Morgan fingerprint density at radius 1 is 0.679 bits per heavy atom. The standard InChI is InChI=1S/C20H44O5Si3/c1-17(2,3)13-14(15(21)22-25-28-20(10,11)12)16(23-26-18(4,5)6)24-27-19(7,8)9/h13,26-28H2,1-12H3. The molecule has 0 aliphatic rings. The maximum absolute atomic E-state index is 12.9. The number of rotatable bonds is 8. The smallest absolute Gasteiger partial charge is 0.374 e. The van der Waals surface area contributed by atoms with Crippen molar-refractivity contribution >= 4 is 35.3 Å². The fraction of sp³-hybridized carbons (Fsp3) is 0.850. The summed E-state index contributed by atoms with van der Waals surface area (Å²) in [4.78, 5) is 18.1. The van der Waals surface area contributed by atoms with Gasteiger partial charge in [0.25, 0.3) is 5.95 Å². The molecule has 0 N–H and O–H groups in total. The second-order valence-electron chi connectivity index (χ2n) is 12.4. The molecular formula is C20H44O5Si3. The third-order valence-electron chi connectivity index (χ3n) is 3.10. The second-order valence-corrected chi connectivity index (χ2v) is 20.4. The first-order valence-electron chi connectivity index (χ1n) is 10.1. The minimum atomic E-state index is -0.989. The Bertz CT molecular complexity index is 512. The number of hydrogen-bond donors (Lipinski definition) is 0. The number of hydrogen-bond acceptors (Lipinski definition) is 5. The van der Waals surface area contributed by atoms with Crippen LogP contribution in [-0.2, 0) is 23.1 Å². The lowest BCUT2D eigenvalue weighted by Crippen LogP contribution is -2.24. The van der Waals surface area contributed by atoms with Crippen LogP contribution in [0.25, 0.3) is 0 Å².